The van der Waals surface area contributed by atoms with Crippen LogP contribution < -0.4 is 20.5 Å². The van der Waals surface area contributed by atoms with Crippen molar-refractivity contribution in [3.8, 4) is 11.5 Å². The number of amides is 1. The van der Waals surface area contributed by atoms with E-state index in [2.05, 4.69) is 5.32 Å². The Balaban J connectivity index is 1.49. The van der Waals surface area contributed by atoms with Crippen molar-refractivity contribution in [2.24, 2.45) is 11.7 Å². The van der Waals surface area contributed by atoms with Gasteiger partial charge in [-0.05, 0) is 73.3 Å². The van der Waals surface area contributed by atoms with Gasteiger partial charge in [0.25, 0.3) is 0 Å². The van der Waals surface area contributed by atoms with Crippen LogP contribution in [0.4, 0.5) is 0 Å². The molecule has 3 N–H and O–H groups in total. The molecule has 0 aromatic heterocycles. The number of aryl methyl sites for hydroxylation is 1. The molecule has 0 saturated heterocycles. The molecular formula is C27H28Cl4N2O3. The van der Waals surface area contributed by atoms with E-state index in [0.29, 0.717) is 70.7 Å². The Morgan fingerprint density at radius 1 is 0.944 bits per heavy atom. The molecule has 0 aliphatic rings. The second-order valence-corrected chi connectivity index (χ2v) is 9.91. The average Bonchev–Trinajstić information content (AvgIpc) is 2.84. The van der Waals surface area contributed by atoms with Gasteiger partial charge < -0.3 is 20.5 Å². The van der Waals surface area contributed by atoms with Crippen molar-refractivity contribution < 1.29 is 14.3 Å². The summed E-state index contributed by atoms with van der Waals surface area (Å²) in [5, 5.41) is 4.79. The van der Waals surface area contributed by atoms with Crippen LogP contribution in [-0.2, 0) is 17.8 Å². The summed E-state index contributed by atoms with van der Waals surface area (Å²) in [5.74, 6) is 0.795. The standard InChI is InChI=1S/C27H28Cl4N2O3/c1-17-13-23(29)26(24(30)14-17)36-12-11-35-21-7-5-18(6-8-21)15-19(9-10-32)27(34)33-16-20-3-2-4-22(28)25(20)31/h2-8,13-14,19H,9-12,15-16,32H2,1H3,(H,33,34). The van der Waals surface area contributed by atoms with Crippen LogP contribution in [-0.4, -0.2) is 25.7 Å². The topological polar surface area (TPSA) is 73.6 Å². The normalized spacial score (nSPS) is 11.7. The van der Waals surface area contributed by atoms with Crippen molar-refractivity contribution in [2.75, 3.05) is 19.8 Å². The van der Waals surface area contributed by atoms with Gasteiger partial charge in [-0.1, -0.05) is 70.7 Å². The van der Waals surface area contributed by atoms with Gasteiger partial charge >= 0.3 is 0 Å². The molecule has 3 aromatic carbocycles. The number of ether oxygens (including phenoxy) is 2. The first-order chi connectivity index (χ1) is 17.3. The zero-order valence-electron chi connectivity index (χ0n) is 19.8. The van der Waals surface area contributed by atoms with Crippen molar-refractivity contribution >= 4 is 52.3 Å². The summed E-state index contributed by atoms with van der Waals surface area (Å²) in [4.78, 5) is 12.8. The summed E-state index contributed by atoms with van der Waals surface area (Å²) in [7, 11) is 0. The van der Waals surface area contributed by atoms with Gasteiger partial charge in [0.2, 0.25) is 5.91 Å². The molecule has 3 rings (SSSR count). The van der Waals surface area contributed by atoms with Crippen LogP contribution in [0.2, 0.25) is 20.1 Å². The summed E-state index contributed by atoms with van der Waals surface area (Å²) >= 11 is 24.7. The third-order valence-electron chi connectivity index (χ3n) is 5.52. The molecule has 0 aliphatic heterocycles. The minimum Gasteiger partial charge on any atom is -0.490 e. The summed E-state index contributed by atoms with van der Waals surface area (Å²) < 4.78 is 11.4. The Bertz CT molecular complexity index is 1150. The lowest BCUT2D eigenvalue weighted by atomic mass is 9.95. The Kier molecular flexibility index (Phi) is 11.0. The maximum atomic E-state index is 12.8. The third kappa shape index (κ3) is 8.19. The Labute approximate surface area is 231 Å². The van der Waals surface area contributed by atoms with Gasteiger partial charge in [0.15, 0.2) is 5.75 Å². The monoisotopic (exact) mass is 568 g/mol. The highest BCUT2D eigenvalue weighted by atomic mass is 35.5. The number of carbonyl (C=O) groups excluding carboxylic acids is 1. The molecule has 0 radical (unpaired) electrons. The highest BCUT2D eigenvalue weighted by Gasteiger charge is 2.19. The zero-order chi connectivity index (χ0) is 26.1. The number of rotatable bonds is 12. The van der Waals surface area contributed by atoms with E-state index in [-0.39, 0.29) is 11.8 Å². The number of benzene rings is 3. The van der Waals surface area contributed by atoms with Crippen LogP contribution >= 0.6 is 46.4 Å². The maximum Gasteiger partial charge on any atom is 0.223 e. The fourth-order valence-electron chi connectivity index (χ4n) is 3.67. The average molecular weight is 570 g/mol. The van der Waals surface area contributed by atoms with Gasteiger partial charge in [-0.2, -0.15) is 0 Å². The summed E-state index contributed by atoms with van der Waals surface area (Å²) in [6.07, 6.45) is 1.12. The van der Waals surface area contributed by atoms with E-state index >= 15 is 0 Å². The molecule has 0 saturated carbocycles. The predicted octanol–water partition coefficient (Wildman–Crippen LogP) is 6.89. The van der Waals surface area contributed by atoms with Crippen molar-refractivity contribution in [3.63, 3.8) is 0 Å². The van der Waals surface area contributed by atoms with E-state index in [9.17, 15) is 4.79 Å². The van der Waals surface area contributed by atoms with Crippen LogP contribution in [0.5, 0.6) is 11.5 Å². The molecule has 3 aromatic rings. The van der Waals surface area contributed by atoms with Crippen LogP contribution in [0.15, 0.2) is 54.6 Å². The Morgan fingerprint density at radius 3 is 2.28 bits per heavy atom. The molecule has 1 unspecified atom stereocenters. The molecule has 192 valence electrons. The summed E-state index contributed by atoms with van der Waals surface area (Å²) in [6.45, 7) is 3.24. The van der Waals surface area contributed by atoms with Gasteiger partial charge in [0, 0.05) is 12.5 Å². The highest BCUT2D eigenvalue weighted by molar-refractivity contribution is 6.42. The van der Waals surface area contributed by atoms with E-state index in [1.807, 2.05) is 37.3 Å². The number of halogens is 4. The molecule has 36 heavy (non-hydrogen) atoms. The van der Waals surface area contributed by atoms with Crippen LogP contribution in [0.25, 0.3) is 0 Å². The van der Waals surface area contributed by atoms with Gasteiger partial charge in [-0.25, -0.2) is 0 Å². The fourth-order valence-corrected chi connectivity index (χ4v) is 4.76. The molecule has 9 heteroatoms. The van der Waals surface area contributed by atoms with Gasteiger partial charge in [-0.3, -0.25) is 4.79 Å². The molecule has 0 aliphatic carbocycles. The van der Waals surface area contributed by atoms with E-state index < -0.39 is 0 Å². The van der Waals surface area contributed by atoms with E-state index in [1.165, 1.54) is 0 Å². The SMILES string of the molecule is Cc1cc(Cl)c(OCCOc2ccc(CC(CCN)C(=O)NCc3cccc(Cl)c3Cl)cc2)c(Cl)c1. The number of carbonyl (C=O) groups is 1. The lowest BCUT2D eigenvalue weighted by Gasteiger charge is -2.17. The predicted molar refractivity (Wildman–Crippen MR) is 148 cm³/mol. The maximum absolute atomic E-state index is 12.8. The van der Waals surface area contributed by atoms with Crippen molar-refractivity contribution in [3.05, 3.63) is 91.4 Å². The minimum atomic E-state index is -0.267. The second-order valence-electron chi connectivity index (χ2n) is 8.31. The molecule has 1 amide bonds. The number of nitrogens with one attached hydrogen (secondary N) is 1. The molecule has 0 fully saturated rings. The van der Waals surface area contributed by atoms with Crippen LogP contribution in [0.1, 0.15) is 23.1 Å². The number of nitrogens with two attached hydrogens (primary N) is 1. The highest BCUT2D eigenvalue weighted by Crippen LogP contribution is 2.34. The fraction of sp³-hybridized carbons (Fsp3) is 0.296. The van der Waals surface area contributed by atoms with Crippen molar-refractivity contribution in [2.45, 2.75) is 26.3 Å². The van der Waals surface area contributed by atoms with Gasteiger partial charge in [-0.15, -0.1) is 0 Å². The summed E-state index contributed by atoms with van der Waals surface area (Å²) in [6, 6.07) is 16.6. The third-order valence-corrected chi connectivity index (χ3v) is 6.94. The molecule has 0 bridgehead atoms. The van der Waals surface area contributed by atoms with Crippen LogP contribution in [0.3, 0.4) is 0 Å². The smallest absolute Gasteiger partial charge is 0.223 e. The molecule has 5 nitrogen and oxygen atoms in total. The van der Waals surface area contributed by atoms with Gasteiger partial charge in [0.1, 0.15) is 19.0 Å². The first-order valence-corrected chi connectivity index (χ1v) is 13.0. The quantitative estimate of drug-likeness (QED) is 0.233. The molecule has 0 heterocycles. The number of hydrogen-bond acceptors (Lipinski definition) is 4. The second kappa shape index (κ2) is 14.0. The Morgan fingerprint density at radius 2 is 1.61 bits per heavy atom. The molecular weight excluding hydrogens is 542 g/mol. The summed E-state index contributed by atoms with van der Waals surface area (Å²) in [5.41, 5.74) is 8.50. The van der Waals surface area contributed by atoms with Gasteiger partial charge in [0.05, 0.1) is 20.1 Å². The zero-order valence-corrected chi connectivity index (χ0v) is 22.9. The lowest BCUT2D eigenvalue weighted by molar-refractivity contribution is -0.125. The van der Waals surface area contributed by atoms with E-state index in [4.69, 9.17) is 61.6 Å². The lowest BCUT2D eigenvalue weighted by Crippen LogP contribution is -2.33. The number of hydrogen-bond donors (Lipinski definition) is 2. The van der Waals surface area contributed by atoms with Crippen molar-refractivity contribution in [1.82, 2.24) is 5.32 Å². The first kappa shape index (κ1) is 28.4. The molecule has 1 atom stereocenters. The van der Waals surface area contributed by atoms with Crippen LogP contribution in [0, 0.1) is 12.8 Å². The van der Waals surface area contributed by atoms with E-state index in [0.717, 1.165) is 16.7 Å². The van der Waals surface area contributed by atoms with E-state index in [1.54, 1.807) is 24.3 Å². The first-order valence-electron chi connectivity index (χ1n) is 11.5. The Hall–Kier alpha value is -2.15. The minimum absolute atomic E-state index is 0.0811. The van der Waals surface area contributed by atoms with Crippen molar-refractivity contribution in [1.29, 1.82) is 0 Å². The molecule has 0 spiro atoms. The largest absolute Gasteiger partial charge is 0.490 e.